The van der Waals surface area contributed by atoms with Gasteiger partial charge in [-0.25, -0.2) is 0 Å². The van der Waals surface area contributed by atoms with Gasteiger partial charge < -0.3 is 4.74 Å². The Morgan fingerprint density at radius 1 is 1.33 bits per heavy atom. The van der Waals surface area contributed by atoms with Crippen LogP contribution in [0.25, 0.3) is 0 Å². The molecule has 2 aliphatic rings. The third-order valence-electron chi connectivity index (χ3n) is 3.72. The Labute approximate surface area is 99.0 Å². The van der Waals surface area contributed by atoms with E-state index < -0.39 is 0 Å². The minimum atomic E-state index is 0.589. The molecule has 1 aromatic carbocycles. The van der Waals surface area contributed by atoms with Gasteiger partial charge in [0.15, 0.2) is 0 Å². The van der Waals surface area contributed by atoms with Gasteiger partial charge in [0, 0.05) is 16.8 Å². The number of hydrogen-bond donors (Lipinski definition) is 0. The fourth-order valence-electron chi connectivity index (χ4n) is 2.49. The Balaban J connectivity index is 1.79. The largest absolute Gasteiger partial charge is 0.493 e. The van der Waals surface area contributed by atoms with E-state index in [4.69, 9.17) is 4.74 Å². The highest BCUT2D eigenvalue weighted by molar-refractivity contribution is 9.09. The molecule has 2 heteroatoms. The van der Waals surface area contributed by atoms with Crippen LogP contribution < -0.4 is 4.74 Å². The Morgan fingerprint density at radius 2 is 2.13 bits per heavy atom. The summed E-state index contributed by atoms with van der Waals surface area (Å²) in [6.07, 6.45) is 4.06. The summed E-state index contributed by atoms with van der Waals surface area (Å²) in [6.45, 7) is 0.883. The van der Waals surface area contributed by atoms with Crippen molar-refractivity contribution in [2.24, 2.45) is 5.41 Å². The van der Waals surface area contributed by atoms with Crippen molar-refractivity contribution < 1.29 is 4.74 Å². The average molecular weight is 267 g/mol. The van der Waals surface area contributed by atoms with Crippen molar-refractivity contribution in [3.05, 3.63) is 29.8 Å². The molecule has 0 amide bonds. The Hall–Kier alpha value is -0.500. The molecular weight excluding hydrogens is 252 g/mol. The molecular formula is C13H15BrO. The number of para-hydroxylation sites is 1. The number of benzene rings is 1. The van der Waals surface area contributed by atoms with Gasteiger partial charge in [0.25, 0.3) is 0 Å². The zero-order valence-corrected chi connectivity index (χ0v) is 10.3. The van der Waals surface area contributed by atoms with Gasteiger partial charge in [0.05, 0.1) is 6.61 Å². The zero-order chi connectivity index (χ0) is 10.3. The number of fused-ring (bicyclic) bond motifs is 1. The van der Waals surface area contributed by atoms with Crippen LogP contribution in [0.1, 0.15) is 30.7 Å². The van der Waals surface area contributed by atoms with E-state index in [2.05, 4.69) is 40.2 Å². The molecule has 0 saturated heterocycles. The summed E-state index contributed by atoms with van der Waals surface area (Å²) in [4.78, 5) is 0. The lowest BCUT2D eigenvalue weighted by molar-refractivity contribution is 0.307. The molecule has 3 rings (SSSR count). The van der Waals surface area contributed by atoms with Gasteiger partial charge in [-0.1, -0.05) is 34.1 Å². The van der Waals surface area contributed by atoms with E-state index in [1.165, 1.54) is 24.8 Å². The molecule has 1 atom stereocenters. The maximum Gasteiger partial charge on any atom is 0.122 e. The van der Waals surface area contributed by atoms with Gasteiger partial charge in [0.2, 0.25) is 0 Å². The minimum Gasteiger partial charge on any atom is -0.493 e. The van der Waals surface area contributed by atoms with E-state index in [0.717, 1.165) is 17.7 Å². The van der Waals surface area contributed by atoms with Crippen molar-refractivity contribution in [3.8, 4) is 5.75 Å². The fourth-order valence-corrected chi connectivity index (χ4v) is 3.28. The van der Waals surface area contributed by atoms with Crippen LogP contribution in [0.2, 0.25) is 0 Å². The highest BCUT2D eigenvalue weighted by Crippen LogP contribution is 2.54. The van der Waals surface area contributed by atoms with Crippen LogP contribution in [0.4, 0.5) is 0 Å². The summed E-state index contributed by atoms with van der Waals surface area (Å²) in [5.74, 6) is 1.73. The van der Waals surface area contributed by atoms with Crippen molar-refractivity contribution in [1.82, 2.24) is 0 Å². The third-order valence-corrected chi connectivity index (χ3v) is 4.91. The molecule has 1 nitrogen and oxygen atoms in total. The second kappa shape index (κ2) is 3.51. The van der Waals surface area contributed by atoms with E-state index in [1.54, 1.807) is 0 Å². The predicted octanol–water partition coefficient (Wildman–Crippen LogP) is 3.73. The van der Waals surface area contributed by atoms with Gasteiger partial charge in [-0.2, -0.15) is 0 Å². The normalized spacial score (nSPS) is 25.8. The van der Waals surface area contributed by atoms with Crippen LogP contribution in [0, 0.1) is 5.41 Å². The quantitative estimate of drug-likeness (QED) is 0.758. The molecule has 1 aliphatic carbocycles. The molecule has 1 heterocycles. The van der Waals surface area contributed by atoms with Crippen LogP contribution in [0.3, 0.4) is 0 Å². The van der Waals surface area contributed by atoms with Crippen molar-refractivity contribution in [2.45, 2.75) is 25.2 Å². The predicted molar refractivity (Wildman–Crippen MR) is 64.8 cm³/mol. The monoisotopic (exact) mass is 266 g/mol. The molecule has 80 valence electrons. The molecule has 15 heavy (non-hydrogen) atoms. The maximum absolute atomic E-state index is 5.71. The highest BCUT2D eigenvalue weighted by Gasteiger charge is 2.44. The lowest BCUT2D eigenvalue weighted by Crippen LogP contribution is -2.10. The van der Waals surface area contributed by atoms with Crippen LogP contribution in [-0.4, -0.2) is 11.9 Å². The second-order valence-corrected chi connectivity index (χ2v) is 5.44. The highest BCUT2D eigenvalue weighted by atomic mass is 79.9. The number of halogens is 1. The molecule has 1 saturated carbocycles. The molecule has 0 radical (unpaired) electrons. The molecule has 0 spiro atoms. The summed E-state index contributed by atoms with van der Waals surface area (Å²) in [7, 11) is 0. The Morgan fingerprint density at radius 3 is 2.87 bits per heavy atom. The van der Waals surface area contributed by atoms with Gasteiger partial charge in [0.1, 0.15) is 5.75 Å². The van der Waals surface area contributed by atoms with Crippen molar-refractivity contribution in [1.29, 1.82) is 0 Å². The Bertz CT molecular complexity index is 371. The fraction of sp³-hybridized carbons (Fsp3) is 0.538. The third kappa shape index (κ3) is 1.69. The molecule has 1 aliphatic heterocycles. The number of ether oxygens (including phenoxy) is 1. The van der Waals surface area contributed by atoms with Crippen molar-refractivity contribution in [2.75, 3.05) is 11.9 Å². The summed E-state index contributed by atoms with van der Waals surface area (Å²) in [6, 6.07) is 8.48. The van der Waals surface area contributed by atoms with E-state index in [-0.39, 0.29) is 0 Å². The van der Waals surface area contributed by atoms with Crippen LogP contribution in [0.5, 0.6) is 5.75 Å². The number of hydrogen-bond acceptors (Lipinski definition) is 1. The zero-order valence-electron chi connectivity index (χ0n) is 8.71. The smallest absolute Gasteiger partial charge is 0.122 e. The Kier molecular flexibility index (Phi) is 2.27. The first-order valence-electron chi connectivity index (χ1n) is 5.61. The maximum atomic E-state index is 5.71. The van der Waals surface area contributed by atoms with Gasteiger partial charge in [-0.05, 0) is 30.7 Å². The standard InChI is InChI=1S/C13H15BrO/c14-9-13(5-6-13)7-10-8-15-12-4-2-1-3-11(10)12/h1-4,10H,5-9H2. The van der Waals surface area contributed by atoms with Crippen LogP contribution in [-0.2, 0) is 0 Å². The van der Waals surface area contributed by atoms with Crippen molar-refractivity contribution in [3.63, 3.8) is 0 Å². The molecule has 1 fully saturated rings. The lowest BCUT2D eigenvalue weighted by Gasteiger charge is -2.16. The topological polar surface area (TPSA) is 9.23 Å². The average Bonchev–Trinajstić information content (AvgIpc) is 2.95. The molecule has 0 N–H and O–H groups in total. The van der Waals surface area contributed by atoms with Crippen LogP contribution >= 0.6 is 15.9 Å². The summed E-state index contributed by atoms with van der Waals surface area (Å²) in [5.41, 5.74) is 2.01. The minimum absolute atomic E-state index is 0.589. The molecule has 1 aromatic rings. The first-order chi connectivity index (χ1) is 7.33. The number of rotatable bonds is 3. The van der Waals surface area contributed by atoms with E-state index in [9.17, 15) is 0 Å². The summed E-state index contributed by atoms with van der Waals surface area (Å²) < 4.78 is 5.71. The summed E-state index contributed by atoms with van der Waals surface area (Å²) >= 11 is 3.64. The van der Waals surface area contributed by atoms with E-state index in [1.807, 2.05) is 0 Å². The molecule has 0 aromatic heterocycles. The first-order valence-corrected chi connectivity index (χ1v) is 6.73. The summed E-state index contributed by atoms with van der Waals surface area (Å²) in [5, 5.41) is 1.15. The van der Waals surface area contributed by atoms with Gasteiger partial charge in [-0.3, -0.25) is 0 Å². The van der Waals surface area contributed by atoms with Crippen molar-refractivity contribution >= 4 is 15.9 Å². The SMILES string of the molecule is BrCC1(CC2COc3ccccc32)CC1. The van der Waals surface area contributed by atoms with E-state index in [0.29, 0.717) is 11.3 Å². The number of alkyl halides is 1. The lowest BCUT2D eigenvalue weighted by atomic mass is 9.89. The second-order valence-electron chi connectivity index (χ2n) is 4.88. The molecule has 1 unspecified atom stereocenters. The van der Waals surface area contributed by atoms with E-state index >= 15 is 0 Å². The van der Waals surface area contributed by atoms with Crippen LogP contribution in [0.15, 0.2) is 24.3 Å². The molecule has 0 bridgehead atoms. The van der Waals surface area contributed by atoms with Gasteiger partial charge >= 0.3 is 0 Å². The van der Waals surface area contributed by atoms with Gasteiger partial charge in [-0.15, -0.1) is 0 Å². The first kappa shape index (κ1) is 9.71.